The Hall–Kier alpha value is -0.940. The monoisotopic (exact) mass is 270 g/mol. The summed E-state index contributed by atoms with van der Waals surface area (Å²) < 4.78 is 0.452. The first kappa shape index (κ1) is 9.61. The highest BCUT2D eigenvalue weighted by atomic mass is 79.9. The molecule has 72 valence electrons. The number of halogens is 1. The standard InChI is InChI=1S/C9H7BrN2OS/c1-5-2-6(4-14-5)8-11-3-7(10)9(13)12-8/h2-4H,1H3,(H,11,12,13). The van der Waals surface area contributed by atoms with Crippen molar-refractivity contribution in [3.63, 3.8) is 0 Å². The lowest BCUT2D eigenvalue weighted by Crippen LogP contribution is -2.08. The molecule has 14 heavy (non-hydrogen) atoms. The van der Waals surface area contributed by atoms with E-state index in [2.05, 4.69) is 25.9 Å². The summed E-state index contributed by atoms with van der Waals surface area (Å²) in [7, 11) is 0. The van der Waals surface area contributed by atoms with Gasteiger partial charge in [0.05, 0.1) is 0 Å². The quantitative estimate of drug-likeness (QED) is 0.866. The molecule has 2 rings (SSSR count). The highest BCUT2D eigenvalue weighted by molar-refractivity contribution is 9.10. The maximum absolute atomic E-state index is 11.3. The van der Waals surface area contributed by atoms with Crippen molar-refractivity contribution in [1.82, 2.24) is 9.97 Å². The first-order valence-corrected chi connectivity index (χ1v) is 5.64. The zero-order valence-electron chi connectivity index (χ0n) is 7.37. The van der Waals surface area contributed by atoms with Gasteiger partial charge in [-0.25, -0.2) is 4.98 Å². The zero-order chi connectivity index (χ0) is 10.1. The molecule has 0 aromatic carbocycles. The van der Waals surface area contributed by atoms with Gasteiger partial charge in [0.15, 0.2) is 0 Å². The van der Waals surface area contributed by atoms with Gasteiger partial charge in [-0.2, -0.15) is 0 Å². The molecule has 0 bridgehead atoms. The Morgan fingerprint density at radius 1 is 1.57 bits per heavy atom. The van der Waals surface area contributed by atoms with Gasteiger partial charge < -0.3 is 4.98 Å². The van der Waals surface area contributed by atoms with Crippen LogP contribution in [-0.4, -0.2) is 9.97 Å². The lowest BCUT2D eigenvalue weighted by molar-refractivity contribution is 1.11. The molecule has 2 aromatic heterocycles. The second kappa shape index (κ2) is 3.67. The Kier molecular flexibility index (Phi) is 2.52. The second-order valence-corrected chi connectivity index (χ2v) is 4.82. The third kappa shape index (κ3) is 1.78. The molecule has 0 spiro atoms. The number of aromatic nitrogens is 2. The summed E-state index contributed by atoms with van der Waals surface area (Å²) in [6, 6.07) is 2.00. The Bertz CT molecular complexity index is 518. The van der Waals surface area contributed by atoms with E-state index in [0.717, 1.165) is 5.56 Å². The topological polar surface area (TPSA) is 45.8 Å². The molecule has 0 aliphatic rings. The average molecular weight is 271 g/mol. The zero-order valence-corrected chi connectivity index (χ0v) is 9.78. The summed E-state index contributed by atoms with van der Waals surface area (Å²) in [6.07, 6.45) is 1.52. The second-order valence-electron chi connectivity index (χ2n) is 2.85. The smallest absolute Gasteiger partial charge is 0.265 e. The van der Waals surface area contributed by atoms with E-state index in [1.165, 1.54) is 11.1 Å². The van der Waals surface area contributed by atoms with Gasteiger partial charge in [-0.1, -0.05) is 0 Å². The third-order valence-electron chi connectivity index (χ3n) is 1.76. The summed E-state index contributed by atoms with van der Waals surface area (Å²) in [4.78, 5) is 19.3. The van der Waals surface area contributed by atoms with Crippen LogP contribution in [0.3, 0.4) is 0 Å². The van der Waals surface area contributed by atoms with Crippen LogP contribution >= 0.6 is 27.3 Å². The number of nitrogens with zero attached hydrogens (tertiary/aromatic N) is 1. The number of rotatable bonds is 1. The molecular weight excluding hydrogens is 264 g/mol. The third-order valence-corrected chi connectivity index (χ3v) is 3.19. The molecule has 0 atom stereocenters. The summed E-state index contributed by atoms with van der Waals surface area (Å²) in [5.41, 5.74) is 0.802. The molecule has 0 aliphatic heterocycles. The van der Waals surface area contributed by atoms with Crippen LogP contribution in [0.25, 0.3) is 11.4 Å². The molecule has 0 unspecified atom stereocenters. The number of hydrogen-bond donors (Lipinski definition) is 1. The van der Waals surface area contributed by atoms with E-state index < -0.39 is 0 Å². The van der Waals surface area contributed by atoms with Crippen molar-refractivity contribution in [2.24, 2.45) is 0 Å². The summed E-state index contributed by atoms with van der Waals surface area (Å²) in [6.45, 7) is 2.02. The van der Waals surface area contributed by atoms with Gasteiger partial charge in [0.2, 0.25) is 0 Å². The van der Waals surface area contributed by atoms with Crippen molar-refractivity contribution in [3.8, 4) is 11.4 Å². The molecular formula is C9H7BrN2OS. The van der Waals surface area contributed by atoms with E-state index in [4.69, 9.17) is 0 Å². The van der Waals surface area contributed by atoms with Crippen LogP contribution in [0, 0.1) is 6.92 Å². The SMILES string of the molecule is Cc1cc(-c2ncc(Br)c(=O)[nH]2)cs1. The van der Waals surface area contributed by atoms with E-state index in [1.54, 1.807) is 11.3 Å². The van der Waals surface area contributed by atoms with E-state index in [9.17, 15) is 4.79 Å². The van der Waals surface area contributed by atoms with Crippen LogP contribution in [-0.2, 0) is 0 Å². The number of hydrogen-bond acceptors (Lipinski definition) is 3. The summed E-state index contributed by atoms with van der Waals surface area (Å²) in [5.74, 6) is 0.613. The van der Waals surface area contributed by atoms with E-state index in [-0.39, 0.29) is 5.56 Å². The van der Waals surface area contributed by atoms with Gasteiger partial charge in [0, 0.05) is 22.0 Å². The van der Waals surface area contributed by atoms with Crippen LogP contribution < -0.4 is 5.56 Å². The normalized spacial score (nSPS) is 10.4. The van der Waals surface area contributed by atoms with Crippen LogP contribution in [0.4, 0.5) is 0 Å². The maximum atomic E-state index is 11.3. The van der Waals surface area contributed by atoms with Crippen molar-refractivity contribution >= 4 is 27.3 Å². The predicted octanol–water partition coefficient (Wildman–Crippen LogP) is 2.57. The minimum Gasteiger partial charge on any atom is -0.306 e. The molecule has 2 heterocycles. The fourth-order valence-electron chi connectivity index (χ4n) is 1.09. The lowest BCUT2D eigenvalue weighted by atomic mass is 10.3. The Balaban J connectivity index is 2.53. The molecule has 0 amide bonds. The molecule has 0 fully saturated rings. The largest absolute Gasteiger partial charge is 0.306 e. The molecule has 2 aromatic rings. The Labute approximate surface area is 93.0 Å². The minimum absolute atomic E-state index is 0.154. The molecule has 0 saturated carbocycles. The van der Waals surface area contributed by atoms with Gasteiger partial charge in [-0.15, -0.1) is 11.3 Å². The van der Waals surface area contributed by atoms with Crippen LogP contribution in [0.2, 0.25) is 0 Å². The fourth-order valence-corrected chi connectivity index (χ4v) is 1.98. The molecule has 0 aliphatic carbocycles. The van der Waals surface area contributed by atoms with E-state index >= 15 is 0 Å². The fraction of sp³-hybridized carbons (Fsp3) is 0.111. The van der Waals surface area contributed by atoms with Gasteiger partial charge in [0.25, 0.3) is 5.56 Å². The Morgan fingerprint density at radius 2 is 2.36 bits per heavy atom. The highest BCUT2D eigenvalue weighted by Gasteiger charge is 2.03. The maximum Gasteiger partial charge on any atom is 0.265 e. The van der Waals surface area contributed by atoms with Crippen molar-refractivity contribution in [1.29, 1.82) is 0 Å². The summed E-state index contributed by atoms with van der Waals surface area (Å²) >= 11 is 4.74. The van der Waals surface area contributed by atoms with Crippen molar-refractivity contribution < 1.29 is 0 Å². The van der Waals surface area contributed by atoms with E-state index in [1.807, 2.05) is 18.4 Å². The molecule has 0 radical (unpaired) electrons. The minimum atomic E-state index is -0.154. The molecule has 1 N–H and O–H groups in total. The number of thiophene rings is 1. The van der Waals surface area contributed by atoms with E-state index in [0.29, 0.717) is 10.3 Å². The van der Waals surface area contributed by atoms with Crippen LogP contribution in [0.15, 0.2) is 26.9 Å². The van der Waals surface area contributed by atoms with Gasteiger partial charge in [0.1, 0.15) is 10.3 Å². The molecule has 5 heteroatoms. The molecule has 0 saturated heterocycles. The number of H-pyrrole nitrogens is 1. The number of nitrogens with one attached hydrogen (secondary N) is 1. The van der Waals surface area contributed by atoms with Gasteiger partial charge >= 0.3 is 0 Å². The van der Waals surface area contributed by atoms with Crippen molar-refractivity contribution in [2.45, 2.75) is 6.92 Å². The highest BCUT2D eigenvalue weighted by Crippen LogP contribution is 2.21. The van der Waals surface area contributed by atoms with Gasteiger partial charge in [-0.05, 0) is 28.9 Å². The van der Waals surface area contributed by atoms with Crippen molar-refractivity contribution in [2.75, 3.05) is 0 Å². The predicted molar refractivity (Wildman–Crippen MR) is 60.6 cm³/mol. The van der Waals surface area contributed by atoms with Crippen LogP contribution in [0.1, 0.15) is 4.88 Å². The van der Waals surface area contributed by atoms with Crippen LogP contribution in [0.5, 0.6) is 0 Å². The number of aryl methyl sites for hydroxylation is 1. The summed E-state index contributed by atoms with van der Waals surface area (Å²) in [5, 5.41) is 1.97. The first-order chi connectivity index (χ1) is 6.66. The van der Waals surface area contributed by atoms with Gasteiger partial charge in [-0.3, -0.25) is 4.79 Å². The molecule has 3 nitrogen and oxygen atoms in total. The Morgan fingerprint density at radius 3 is 2.93 bits per heavy atom. The first-order valence-electron chi connectivity index (χ1n) is 3.97. The average Bonchev–Trinajstić information content (AvgIpc) is 2.57. The number of aromatic amines is 1. The van der Waals surface area contributed by atoms with Crippen molar-refractivity contribution in [3.05, 3.63) is 37.3 Å². The lowest BCUT2D eigenvalue weighted by Gasteiger charge is -1.95.